The van der Waals surface area contributed by atoms with Crippen LogP contribution >= 0.6 is 0 Å². The molecule has 1 saturated carbocycles. The van der Waals surface area contributed by atoms with Crippen LogP contribution in [-0.2, 0) is 14.3 Å². The lowest BCUT2D eigenvalue weighted by molar-refractivity contribution is -0.140. The lowest BCUT2D eigenvalue weighted by Gasteiger charge is -2.28. The second kappa shape index (κ2) is 9.85. The normalized spacial score (nSPS) is 21.9. The monoisotopic (exact) mass is 466 g/mol. The second-order valence-corrected chi connectivity index (χ2v) is 9.23. The number of carboxylic acids is 1. The molecule has 2 aliphatic carbocycles. The third-order valence-corrected chi connectivity index (χ3v) is 7.06. The first kappa shape index (κ1) is 23.8. The Hall–Kier alpha value is -3.39. The van der Waals surface area contributed by atoms with Crippen molar-refractivity contribution in [1.29, 1.82) is 0 Å². The summed E-state index contributed by atoms with van der Waals surface area (Å²) >= 11 is 0. The summed E-state index contributed by atoms with van der Waals surface area (Å²) in [4.78, 5) is 36.5. The minimum absolute atomic E-state index is 0.00941. The van der Waals surface area contributed by atoms with E-state index in [2.05, 4.69) is 10.6 Å². The van der Waals surface area contributed by atoms with E-state index in [1.54, 1.807) is 0 Å². The SMILES string of the molecule is CC1CCCC1(O)CNC(=O)C(CC(=O)O)NC(=O)OCC1c2ccccc2-c2ccccc21. The van der Waals surface area contributed by atoms with E-state index in [4.69, 9.17) is 4.74 Å². The maximum absolute atomic E-state index is 12.7. The van der Waals surface area contributed by atoms with Crippen molar-refractivity contribution < 1.29 is 29.3 Å². The number of amides is 2. The molecule has 4 rings (SSSR count). The highest BCUT2D eigenvalue weighted by Crippen LogP contribution is 2.44. The van der Waals surface area contributed by atoms with Crippen LogP contribution in [0.15, 0.2) is 48.5 Å². The number of carbonyl (C=O) groups is 3. The third kappa shape index (κ3) is 4.92. The van der Waals surface area contributed by atoms with E-state index >= 15 is 0 Å². The molecule has 34 heavy (non-hydrogen) atoms. The van der Waals surface area contributed by atoms with Crippen molar-refractivity contribution in [3.8, 4) is 11.1 Å². The Balaban J connectivity index is 1.38. The van der Waals surface area contributed by atoms with Gasteiger partial charge in [-0.2, -0.15) is 0 Å². The van der Waals surface area contributed by atoms with Gasteiger partial charge in [0.1, 0.15) is 12.6 Å². The van der Waals surface area contributed by atoms with Crippen molar-refractivity contribution in [2.45, 2.75) is 50.2 Å². The van der Waals surface area contributed by atoms with Crippen molar-refractivity contribution in [1.82, 2.24) is 10.6 Å². The number of carboxylic acid groups (broad SMARTS) is 1. The molecule has 2 amide bonds. The van der Waals surface area contributed by atoms with E-state index in [0.29, 0.717) is 6.42 Å². The van der Waals surface area contributed by atoms with Crippen LogP contribution in [0.5, 0.6) is 0 Å². The standard InChI is InChI=1S/C26H30N2O6/c1-16-7-6-12-26(16,33)15-27-24(31)22(13-23(29)30)28-25(32)34-14-21-19-10-4-2-8-17(19)18-9-3-5-11-20(18)21/h2-5,8-11,16,21-22,33H,6-7,12-15H2,1H3,(H,27,31)(H,28,32)(H,29,30). The first-order valence-corrected chi connectivity index (χ1v) is 11.6. The zero-order chi connectivity index (χ0) is 24.3. The molecule has 3 atom stereocenters. The number of benzene rings is 2. The molecule has 0 heterocycles. The van der Waals surface area contributed by atoms with E-state index in [0.717, 1.165) is 35.1 Å². The van der Waals surface area contributed by atoms with E-state index in [1.807, 2.05) is 55.5 Å². The Morgan fingerprint density at radius 3 is 2.26 bits per heavy atom. The highest BCUT2D eigenvalue weighted by atomic mass is 16.5. The molecule has 8 nitrogen and oxygen atoms in total. The first-order chi connectivity index (χ1) is 16.3. The average molecular weight is 467 g/mol. The molecule has 2 aromatic carbocycles. The van der Waals surface area contributed by atoms with Gasteiger partial charge in [0.15, 0.2) is 0 Å². The maximum atomic E-state index is 12.7. The first-order valence-electron chi connectivity index (χ1n) is 11.6. The van der Waals surface area contributed by atoms with Gasteiger partial charge in [-0.1, -0.05) is 61.9 Å². The summed E-state index contributed by atoms with van der Waals surface area (Å²) in [6, 6.07) is 14.5. The van der Waals surface area contributed by atoms with Gasteiger partial charge in [0.25, 0.3) is 0 Å². The zero-order valence-corrected chi connectivity index (χ0v) is 19.1. The fourth-order valence-corrected chi connectivity index (χ4v) is 5.02. The number of aliphatic carboxylic acids is 1. The lowest BCUT2D eigenvalue weighted by atomic mass is 9.92. The quantitative estimate of drug-likeness (QED) is 0.474. The van der Waals surface area contributed by atoms with Crippen molar-refractivity contribution in [2.75, 3.05) is 13.2 Å². The summed E-state index contributed by atoms with van der Waals surface area (Å²) in [5.74, 6) is -2.01. The van der Waals surface area contributed by atoms with Crippen LogP contribution in [0.25, 0.3) is 11.1 Å². The van der Waals surface area contributed by atoms with Crippen LogP contribution in [0.1, 0.15) is 49.7 Å². The largest absolute Gasteiger partial charge is 0.481 e. The highest BCUT2D eigenvalue weighted by Gasteiger charge is 2.39. The predicted molar refractivity (Wildman–Crippen MR) is 125 cm³/mol. The Bertz CT molecular complexity index is 1040. The summed E-state index contributed by atoms with van der Waals surface area (Å²) < 4.78 is 5.44. The van der Waals surface area contributed by atoms with Gasteiger partial charge in [-0.25, -0.2) is 4.79 Å². The minimum Gasteiger partial charge on any atom is -0.481 e. The van der Waals surface area contributed by atoms with Crippen LogP contribution in [0, 0.1) is 5.92 Å². The summed E-state index contributed by atoms with van der Waals surface area (Å²) in [7, 11) is 0. The minimum atomic E-state index is -1.31. The number of hydrogen-bond acceptors (Lipinski definition) is 5. The molecule has 2 aromatic rings. The van der Waals surface area contributed by atoms with Gasteiger partial charge in [-0.05, 0) is 41.0 Å². The third-order valence-electron chi connectivity index (χ3n) is 7.06. The molecule has 3 unspecified atom stereocenters. The number of carbonyl (C=O) groups excluding carboxylic acids is 2. The molecular formula is C26H30N2O6. The lowest BCUT2D eigenvalue weighted by Crippen LogP contribution is -2.52. The molecule has 0 spiro atoms. The Kier molecular flexibility index (Phi) is 6.88. The van der Waals surface area contributed by atoms with E-state index in [9.17, 15) is 24.6 Å². The van der Waals surface area contributed by atoms with Gasteiger partial charge in [0, 0.05) is 12.5 Å². The smallest absolute Gasteiger partial charge is 0.407 e. The number of rotatable bonds is 8. The Labute approximate surface area is 198 Å². The van der Waals surface area contributed by atoms with E-state index < -0.39 is 36.0 Å². The van der Waals surface area contributed by atoms with Gasteiger partial charge in [-0.3, -0.25) is 9.59 Å². The Morgan fingerprint density at radius 1 is 1.09 bits per heavy atom. The molecule has 0 radical (unpaired) electrons. The topological polar surface area (TPSA) is 125 Å². The highest BCUT2D eigenvalue weighted by molar-refractivity contribution is 5.89. The van der Waals surface area contributed by atoms with Gasteiger partial charge in [0.05, 0.1) is 12.0 Å². The van der Waals surface area contributed by atoms with Crippen molar-refractivity contribution in [2.24, 2.45) is 5.92 Å². The number of fused-ring (bicyclic) bond motifs is 3. The van der Waals surface area contributed by atoms with Gasteiger partial charge in [-0.15, -0.1) is 0 Å². The van der Waals surface area contributed by atoms with Crippen molar-refractivity contribution in [3.63, 3.8) is 0 Å². The molecule has 8 heteroatoms. The fourth-order valence-electron chi connectivity index (χ4n) is 5.02. The second-order valence-electron chi connectivity index (χ2n) is 9.23. The molecule has 1 fully saturated rings. The zero-order valence-electron chi connectivity index (χ0n) is 19.1. The Morgan fingerprint density at radius 2 is 1.71 bits per heavy atom. The predicted octanol–water partition coefficient (Wildman–Crippen LogP) is 3.04. The molecule has 180 valence electrons. The number of hydrogen-bond donors (Lipinski definition) is 4. The summed E-state index contributed by atoms with van der Waals surface area (Å²) in [6.07, 6.45) is 0.839. The van der Waals surface area contributed by atoms with E-state index in [1.165, 1.54) is 0 Å². The molecule has 2 aliphatic rings. The molecular weight excluding hydrogens is 436 g/mol. The van der Waals surface area contributed by atoms with E-state index in [-0.39, 0.29) is 25.0 Å². The van der Waals surface area contributed by atoms with Gasteiger partial charge >= 0.3 is 12.1 Å². The van der Waals surface area contributed by atoms with Crippen LogP contribution in [-0.4, -0.2) is 53.0 Å². The summed E-state index contributed by atoms with van der Waals surface area (Å²) in [5, 5.41) is 24.9. The van der Waals surface area contributed by atoms with Crippen LogP contribution in [0.4, 0.5) is 4.79 Å². The number of aliphatic hydroxyl groups is 1. The molecule has 0 aliphatic heterocycles. The number of ether oxygens (including phenoxy) is 1. The van der Waals surface area contributed by atoms with Crippen LogP contribution in [0.3, 0.4) is 0 Å². The van der Waals surface area contributed by atoms with Gasteiger partial charge in [0.2, 0.25) is 5.91 Å². The van der Waals surface area contributed by atoms with Crippen molar-refractivity contribution in [3.05, 3.63) is 59.7 Å². The average Bonchev–Trinajstić information content (AvgIpc) is 3.32. The fraction of sp³-hybridized carbons (Fsp3) is 0.423. The number of nitrogens with one attached hydrogen (secondary N) is 2. The van der Waals surface area contributed by atoms with Crippen LogP contribution in [0.2, 0.25) is 0 Å². The molecule has 0 saturated heterocycles. The summed E-state index contributed by atoms with van der Waals surface area (Å²) in [5.41, 5.74) is 3.27. The number of alkyl carbamates (subject to hydrolysis) is 1. The molecule has 0 bridgehead atoms. The molecule has 0 aromatic heterocycles. The van der Waals surface area contributed by atoms with Crippen molar-refractivity contribution >= 4 is 18.0 Å². The molecule has 4 N–H and O–H groups in total. The maximum Gasteiger partial charge on any atom is 0.407 e. The van der Waals surface area contributed by atoms with Gasteiger partial charge < -0.3 is 25.6 Å². The van der Waals surface area contributed by atoms with Crippen LogP contribution < -0.4 is 10.6 Å². The summed E-state index contributed by atoms with van der Waals surface area (Å²) in [6.45, 7) is 1.98.